The topological polar surface area (TPSA) is 117 Å². The number of hydrogen-bond donors (Lipinski definition) is 2. The third-order valence-electron chi connectivity index (χ3n) is 4.88. The monoisotopic (exact) mass is 404 g/mol. The summed E-state index contributed by atoms with van der Waals surface area (Å²) in [4.78, 5) is 26.4. The van der Waals surface area contributed by atoms with Crippen molar-refractivity contribution in [3.8, 4) is 17.3 Å². The van der Waals surface area contributed by atoms with Gasteiger partial charge in [0.05, 0.1) is 36.0 Å². The second-order valence-corrected chi connectivity index (χ2v) is 6.81. The van der Waals surface area contributed by atoms with E-state index in [1.54, 1.807) is 35.0 Å². The standard InChI is InChI=1S/C21H17FN6O2/c22-15-3-1-2-14(10-15)19-18(20(24)29)17-12-27(8-9-28(17)26-19)21(30)25-16-6-4-13(11-23)5-7-16/h1-7,10H,8-9,12H2,(H2,24,29)(H,25,30). The molecular formula is C21H17FN6O2. The van der Waals surface area contributed by atoms with Crippen LogP contribution in [0.25, 0.3) is 11.3 Å². The van der Waals surface area contributed by atoms with E-state index < -0.39 is 11.7 Å². The zero-order valence-electron chi connectivity index (χ0n) is 15.8. The molecule has 0 spiro atoms. The number of carbonyl (C=O) groups excluding carboxylic acids is 2. The van der Waals surface area contributed by atoms with Gasteiger partial charge in [0, 0.05) is 17.8 Å². The average molecular weight is 404 g/mol. The Balaban J connectivity index is 1.60. The molecule has 3 aromatic rings. The second-order valence-electron chi connectivity index (χ2n) is 6.81. The number of anilines is 1. The highest BCUT2D eigenvalue weighted by Gasteiger charge is 2.29. The minimum Gasteiger partial charge on any atom is -0.365 e. The number of rotatable bonds is 3. The molecule has 1 aliphatic heterocycles. The molecular weight excluding hydrogens is 387 g/mol. The number of fused-ring (bicyclic) bond motifs is 1. The van der Waals surface area contributed by atoms with Crippen molar-refractivity contribution in [1.29, 1.82) is 5.26 Å². The largest absolute Gasteiger partial charge is 0.365 e. The highest BCUT2D eigenvalue weighted by Crippen LogP contribution is 2.28. The molecule has 2 heterocycles. The van der Waals surface area contributed by atoms with Crippen molar-refractivity contribution in [3.05, 3.63) is 71.2 Å². The molecule has 0 radical (unpaired) electrons. The number of nitrogens with two attached hydrogens (primary N) is 1. The van der Waals surface area contributed by atoms with Crippen LogP contribution in [-0.2, 0) is 13.1 Å². The highest BCUT2D eigenvalue weighted by atomic mass is 19.1. The first-order chi connectivity index (χ1) is 14.5. The third-order valence-corrected chi connectivity index (χ3v) is 4.88. The predicted octanol–water partition coefficient (Wildman–Crippen LogP) is 2.71. The van der Waals surface area contributed by atoms with Gasteiger partial charge in [0.15, 0.2) is 0 Å². The zero-order chi connectivity index (χ0) is 21.3. The van der Waals surface area contributed by atoms with E-state index in [4.69, 9.17) is 11.0 Å². The Labute approximate surface area is 171 Å². The predicted molar refractivity (Wildman–Crippen MR) is 107 cm³/mol. The maximum atomic E-state index is 13.7. The van der Waals surface area contributed by atoms with Gasteiger partial charge in [-0.15, -0.1) is 0 Å². The van der Waals surface area contributed by atoms with Gasteiger partial charge in [0.2, 0.25) is 0 Å². The van der Waals surface area contributed by atoms with E-state index in [0.29, 0.717) is 41.3 Å². The summed E-state index contributed by atoms with van der Waals surface area (Å²) in [6, 6.07) is 13.9. The zero-order valence-corrected chi connectivity index (χ0v) is 15.8. The number of urea groups is 1. The Kier molecular flexibility index (Phi) is 4.90. The molecule has 9 heteroatoms. The number of benzene rings is 2. The molecule has 0 fully saturated rings. The van der Waals surface area contributed by atoms with Crippen LogP contribution in [0.3, 0.4) is 0 Å². The van der Waals surface area contributed by atoms with Crippen molar-refractivity contribution in [2.75, 3.05) is 11.9 Å². The van der Waals surface area contributed by atoms with Crippen LogP contribution in [0, 0.1) is 17.1 Å². The number of nitrogens with one attached hydrogen (secondary N) is 1. The summed E-state index contributed by atoms with van der Waals surface area (Å²) in [6.07, 6.45) is 0. The summed E-state index contributed by atoms with van der Waals surface area (Å²) in [5.41, 5.74) is 8.06. The van der Waals surface area contributed by atoms with E-state index in [1.165, 1.54) is 23.1 Å². The molecule has 2 aromatic carbocycles. The van der Waals surface area contributed by atoms with Crippen molar-refractivity contribution < 1.29 is 14.0 Å². The fraction of sp³-hybridized carbons (Fsp3) is 0.143. The normalized spacial score (nSPS) is 12.7. The van der Waals surface area contributed by atoms with E-state index >= 15 is 0 Å². The summed E-state index contributed by atoms with van der Waals surface area (Å²) in [5, 5.41) is 16.1. The molecule has 30 heavy (non-hydrogen) atoms. The Morgan fingerprint density at radius 2 is 1.93 bits per heavy atom. The fourth-order valence-electron chi connectivity index (χ4n) is 3.42. The van der Waals surface area contributed by atoms with Gasteiger partial charge in [-0.3, -0.25) is 9.48 Å². The minimum atomic E-state index is -0.690. The molecule has 1 aliphatic rings. The molecule has 4 rings (SSSR count). The number of amides is 3. The lowest BCUT2D eigenvalue weighted by Gasteiger charge is -2.28. The highest BCUT2D eigenvalue weighted by molar-refractivity contribution is 6.00. The van der Waals surface area contributed by atoms with Crippen LogP contribution in [-0.4, -0.2) is 33.2 Å². The van der Waals surface area contributed by atoms with Crippen LogP contribution < -0.4 is 11.1 Å². The maximum Gasteiger partial charge on any atom is 0.322 e. The molecule has 0 aliphatic carbocycles. The summed E-state index contributed by atoms with van der Waals surface area (Å²) >= 11 is 0. The quantitative estimate of drug-likeness (QED) is 0.698. The van der Waals surface area contributed by atoms with Gasteiger partial charge in [-0.1, -0.05) is 12.1 Å². The smallest absolute Gasteiger partial charge is 0.322 e. The SMILES string of the molecule is N#Cc1ccc(NC(=O)N2CCn3nc(-c4cccc(F)c4)c(C(N)=O)c3C2)cc1. The van der Waals surface area contributed by atoms with Gasteiger partial charge in [0.25, 0.3) is 5.91 Å². The average Bonchev–Trinajstić information content (AvgIpc) is 3.13. The van der Waals surface area contributed by atoms with Crippen LogP contribution >= 0.6 is 0 Å². The number of aromatic nitrogens is 2. The van der Waals surface area contributed by atoms with Crippen LogP contribution in [0.5, 0.6) is 0 Å². The Morgan fingerprint density at radius 1 is 1.17 bits per heavy atom. The van der Waals surface area contributed by atoms with Gasteiger partial charge in [-0.2, -0.15) is 10.4 Å². The first-order valence-corrected chi connectivity index (χ1v) is 9.18. The van der Waals surface area contributed by atoms with Crippen molar-refractivity contribution in [2.24, 2.45) is 5.73 Å². The van der Waals surface area contributed by atoms with E-state index in [2.05, 4.69) is 10.4 Å². The first-order valence-electron chi connectivity index (χ1n) is 9.18. The van der Waals surface area contributed by atoms with Crippen LogP contribution in [0.4, 0.5) is 14.9 Å². The number of hydrogen-bond acceptors (Lipinski definition) is 4. The van der Waals surface area contributed by atoms with Crippen molar-refractivity contribution >= 4 is 17.6 Å². The summed E-state index contributed by atoms with van der Waals surface area (Å²) in [5.74, 6) is -1.14. The molecule has 8 nitrogen and oxygen atoms in total. The lowest BCUT2D eigenvalue weighted by Crippen LogP contribution is -2.41. The van der Waals surface area contributed by atoms with Crippen molar-refractivity contribution in [3.63, 3.8) is 0 Å². The number of nitrogens with zero attached hydrogens (tertiary/aromatic N) is 4. The molecule has 0 unspecified atom stereocenters. The molecule has 150 valence electrons. The molecule has 0 bridgehead atoms. The first kappa shape index (κ1) is 19.1. The molecule has 0 saturated heterocycles. The van der Waals surface area contributed by atoms with Gasteiger partial charge >= 0.3 is 6.03 Å². The number of primary amides is 1. The Bertz CT molecular complexity index is 1180. The second kappa shape index (κ2) is 7.67. The van der Waals surface area contributed by atoms with Crippen molar-refractivity contribution in [2.45, 2.75) is 13.1 Å². The lowest BCUT2D eigenvalue weighted by atomic mass is 10.0. The molecule has 3 amide bonds. The number of carbonyl (C=O) groups is 2. The lowest BCUT2D eigenvalue weighted by molar-refractivity contribution is 0.0997. The van der Waals surface area contributed by atoms with Gasteiger partial charge in [0.1, 0.15) is 11.5 Å². The number of nitriles is 1. The molecule has 1 aromatic heterocycles. The van der Waals surface area contributed by atoms with Gasteiger partial charge in [-0.05, 0) is 36.4 Å². The summed E-state index contributed by atoms with van der Waals surface area (Å²) < 4.78 is 15.3. The van der Waals surface area contributed by atoms with Gasteiger partial charge in [-0.25, -0.2) is 9.18 Å². The Morgan fingerprint density at radius 3 is 2.60 bits per heavy atom. The molecule has 0 atom stereocenters. The van der Waals surface area contributed by atoms with Gasteiger partial charge < -0.3 is 16.0 Å². The van der Waals surface area contributed by atoms with E-state index in [9.17, 15) is 14.0 Å². The summed E-state index contributed by atoms with van der Waals surface area (Å²) in [7, 11) is 0. The fourth-order valence-corrected chi connectivity index (χ4v) is 3.42. The van der Waals surface area contributed by atoms with Crippen molar-refractivity contribution in [1.82, 2.24) is 14.7 Å². The molecule has 3 N–H and O–H groups in total. The van der Waals surface area contributed by atoms with E-state index in [-0.39, 0.29) is 18.1 Å². The minimum absolute atomic E-state index is 0.128. The van der Waals surface area contributed by atoms with E-state index in [1.807, 2.05) is 6.07 Å². The maximum absolute atomic E-state index is 13.7. The molecule has 0 saturated carbocycles. The summed E-state index contributed by atoms with van der Waals surface area (Å²) in [6.45, 7) is 0.867. The van der Waals surface area contributed by atoms with Crippen LogP contribution in [0.15, 0.2) is 48.5 Å². The van der Waals surface area contributed by atoms with E-state index in [0.717, 1.165) is 0 Å². The Hall–Kier alpha value is -4.19. The van der Waals surface area contributed by atoms with Crippen LogP contribution in [0.1, 0.15) is 21.6 Å². The third kappa shape index (κ3) is 3.58. The van der Waals surface area contributed by atoms with Crippen LogP contribution in [0.2, 0.25) is 0 Å². The number of halogens is 1.